The molecule has 0 saturated heterocycles. The zero-order valence-corrected chi connectivity index (χ0v) is 20.4. The Labute approximate surface area is 211 Å². The number of hydrogen-bond acceptors (Lipinski definition) is 6. The van der Waals surface area contributed by atoms with Crippen LogP contribution < -0.4 is 24.8 Å². The van der Waals surface area contributed by atoms with Crippen molar-refractivity contribution in [2.24, 2.45) is 0 Å². The molecule has 1 aromatic heterocycles. The number of amidine groups is 1. The van der Waals surface area contributed by atoms with Gasteiger partial charge in [-0.15, -0.1) is 0 Å². The molecule has 0 atom stereocenters. The van der Waals surface area contributed by atoms with E-state index < -0.39 is 11.7 Å². The molecule has 1 heterocycles. The number of fused-ring (bicyclic) bond motifs is 1. The monoisotopic (exact) mass is 509 g/mol. The maximum atomic E-state index is 13.4. The Morgan fingerprint density at radius 2 is 1.78 bits per heavy atom. The van der Waals surface area contributed by atoms with E-state index in [9.17, 15) is 9.18 Å². The summed E-state index contributed by atoms with van der Waals surface area (Å²) in [5.74, 6) is 0.883. The van der Waals surface area contributed by atoms with Crippen LogP contribution in [-0.4, -0.2) is 38.0 Å². The number of nitrogens with two attached hydrogens (primary N) is 1. The predicted molar refractivity (Wildman–Crippen MR) is 135 cm³/mol. The predicted octanol–water partition coefficient (Wildman–Crippen LogP) is 4.42. The Morgan fingerprint density at radius 1 is 1.03 bits per heavy atom. The Balaban J connectivity index is 1.59. The van der Waals surface area contributed by atoms with E-state index in [0.717, 1.165) is 11.5 Å². The van der Waals surface area contributed by atoms with Crippen molar-refractivity contribution in [1.29, 1.82) is 5.41 Å². The number of methoxy groups -OCH3 is 2. The standard InChI is InChI=1S/C26H22ClFN4O4/c1-30-20-11-15(36-22-8-9-31-21-13-24(35-3)23(34-2)12-17(21)22)5-6-16(20)25(29)32-26(33)14-4-7-19(28)18(27)10-14/h4-13,30H,1-3H3,(H2,29,32,33)/p+1. The van der Waals surface area contributed by atoms with Crippen molar-refractivity contribution in [3.63, 3.8) is 0 Å². The van der Waals surface area contributed by atoms with Gasteiger partial charge in [-0.1, -0.05) is 11.6 Å². The lowest BCUT2D eigenvalue weighted by Gasteiger charge is -2.14. The molecule has 4 rings (SSSR count). The van der Waals surface area contributed by atoms with Crippen LogP contribution in [0.25, 0.3) is 10.9 Å². The summed E-state index contributed by atoms with van der Waals surface area (Å²) in [7, 11) is 4.93. The minimum absolute atomic E-state index is 0.119. The van der Waals surface area contributed by atoms with Gasteiger partial charge < -0.3 is 24.8 Å². The zero-order chi connectivity index (χ0) is 25.8. The molecular weight excluding hydrogens is 487 g/mol. The zero-order valence-electron chi connectivity index (χ0n) is 19.7. The molecule has 0 radical (unpaired) electrons. The lowest BCUT2D eigenvalue weighted by atomic mass is 10.1. The van der Waals surface area contributed by atoms with Crippen molar-refractivity contribution in [3.05, 3.63) is 82.8 Å². The van der Waals surface area contributed by atoms with Gasteiger partial charge in [0.25, 0.3) is 5.91 Å². The topological polar surface area (TPSA) is 110 Å². The Kier molecular flexibility index (Phi) is 7.33. The molecule has 4 aromatic rings. The number of nitrogens with one attached hydrogen (secondary N) is 2. The lowest BCUT2D eigenvalue weighted by molar-refractivity contribution is -0.539. The summed E-state index contributed by atoms with van der Waals surface area (Å²) in [5, 5.41) is 13.3. The summed E-state index contributed by atoms with van der Waals surface area (Å²) < 4.78 is 30.3. The smallest absolute Gasteiger partial charge is 0.256 e. The third-order valence-corrected chi connectivity index (χ3v) is 5.75. The van der Waals surface area contributed by atoms with Gasteiger partial charge in [0, 0.05) is 29.3 Å². The molecule has 4 N–H and O–H groups in total. The normalized spacial score (nSPS) is 10.7. The van der Waals surface area contributed by atoms with Crippen molar-refractivity contribution in [1.82, 2.24) is 10.3 Å². The molecule has 36 heavy (non-hydrogen) atoms. The molecule has 0 fully saturated rings. The fourth-order valence-corrected chi connectivity index (χ4v) is 3.81. The molecule has 0 aliphatic rings. The van der Waals surface area contributed by atoms with Gasteiger partial charge in [-0.25, -0.2) is 4.39 Å². The molecular formula is C26H23ClFN4O4+. The molecule has 10 heteroatoms. The molecule has 184 valence electrons. The van der Waals surface area contributed by atoms with E-state index in [2.05, 4.69) is 10.3 Å². The second-order valence-corrected chi connectivity index (χ2v) is 8.04. The number of hydrogen-bond donors (Lipinski definition) is 3. The number of nitrogens with zero attached hydrogens (tertiary/aromatic N) is 1. The highest BCUT2D eigenvalue weighted by Gasteiger charge is 2.17. The first-order valence-electron chi connectivity index (χ1n) is 10.8. The average Bonchev–Trinajstić information content (AvgIpc) is 2.89. The summed E-state index contributed by atoms with van der Waals surface area (Å²) in [6.07, 6.45) is 1.64. The highest BCUT2D eigenvalue weighted by molar-refractivity contribution is 6.31. The molecule has 0 unspecified atom stereocenters. The number of rotatable bonds is 7. The van der Waals surface area contributed by atoms with Crippen molar-refractivity contribution < 1.29 is 28.7 Å². The maximum Gasteiger partial charge on any atom is 0.256 e. The van der Waals surface area contributed by atoms with Crippen molar-refractivity contribution in [2.75, 3.05) is 21.3 Å². The van der Waals surface area contributed by atoms with Gasteiger partial charge in [-0.05, 0) is 42.5 Å². The largest absolute Gasteiger partial charge is 0.493 e. The number of pyridine rings is 1. The lowest BCUT2D eigenvalue weighted by Crippen LogP contribution is -2.73. The van der Waals surface area contributed by atoms with E-state index in [4.69, 9.17) is 31.2 Å². The van der Waals surface area contributed by atoms with Crippen LogP contribution in [0, 0.1) is 11.2 Å². The van der Waals surface area contributed by atoms with Crippen LogP contribution in [0.1, 0.15) is 15.9 Å². The summed E-state index contributed by atoms with van der Waals surface area (Å²) in [4.78, 5) is 16.9. The fourth-order valence-electron chi connectivity index (χ4n) is 3.62. The number of ether oxygens (including phenoxy) is 3. The van der Waals surface area contributed by atoms with Gasteiger partial charge in [0.1, 0.15) is 28.8 Å². The molecule has 0 bridgehead atoms. The number of halogens is 2. The van der Waals surface area contributed by atoms with E-state index in [1.807, 2.05) is 7.05 Å². The number of carbonyl (C=O) groups is 1. The van der Waals surface area contributed by atoms with Crippen molar-refractivity contribution >= 4 is 39.9 Å². The second-order valence-electron chi connectivity index (χ2n) is 7.63. The van der Waals surface area contributed by atoms with Gasteiger partial charge in [0.05, 0.1) is 37.4 Å². The Hall–Kier alpha value is -4.21. The third-order valence-electron chi connectivity index (χ3n) is 5.46. The molecule has 3 aromatic carbocycles. The van der Waals surface area contributed by atoms with Gasteiger partial charge >= 0.3 is 0 Å². The van der Waals surface area contributed by atoms with E-state index in [0.29, 0.717) is 39.8 Å². The first kappa shape index (κ1) is 24.9. The van der Waals surface area contributed by atoms with Crippen molar-refractivity contribution in [2.45, 2.75) is 0 Å². The average molecular weight is 510 g/mol. The molecule has 0 saturated carbocycles. The second kappa shape index (κ2) is 10.6. The van der Waals surface area contributed by atoms with Gasteiger partial charge in [-0.2, -0.15) is 0 Å². The van der Waals surface area contributed by atoms with Gasteiger partial charge in [-0.3, -0.25) is 15.2 Å². The first-order chi connectivity index (χ1) is 17.3. The Morgan fingerprint density at radius 3 is 2.47 bits per heavy atom. The number of aromatic nitrogens is 1. The number of carbonyl (C=O) groups excluding carboxylic acids is 1. The van der Waals surface area contributed by atoms with Crippen LogP contribution in [0.2, 0.25) is 5.02 Å². The van der Waals surface area contributed by atoms with Gasteiger partial charge in [0.2, 0.25) is 0 Å². The van der Waals surface area contributed by atoms with Crippen LogP contribution in [0.5, 0.6) is 23.0 Å². The number of quaternary nitrogens is 1. The number of benzene rings is 3. The van der Waals surface area contributed by atoms with Crippen LogP contribution in [0.3, 0.4) is 0 Å². The van der Waals surface area contributed by atoms with Gasteiger partial charge in [0.15, 0.2) is 11.5 Å². The highest BCUT2D eigenvalue weighted by Crippen LogP contribution is 2.37. The summed E-state index contributed by atoms with van der Waals surface area (Å²) in [6, 6.07) is 14.1. The van der Waals surface area contributed by atoms with E-state index in [1.54, 1.807) is 62.1 Å². The van der Waals surface area contributed by atoms with E-state index in [-0.39, 0.29) is 16.4 Å². The van der Waals surface area contributed by atoms with Crippen molar-refractivity contribution in [3.8, 4) is 23.0 Å². The summed E-state index contributed by atoms with van der Waals surface area (Å²) in [6.45, 7) is 0. The highest BCUT2D eigenvalue weighted by atomic mass is 35.5. The maximum absolute atomic E-state index is 13.4. The summed E-state index contributed by atoms with van der Waals surface area (Å²) in [5.41, 5.74) is 1.98. The van der Waals surface area contributed by atoms with E-state index >= 15 is 0 Å². The van der Waals surface area contributed by atoms with E-state index in [1.165, 1.54) is 12.1 Å². The SMILES string of the molecule is C[NH2+]c1cc(Oc2ccnc3cc(OC)c(OC)cc23)ccc1C(=N)NC(=O)c1ccc(F)c(Cl)c1. The quantitative estimate of drug-likeness (QED) is 0.194. The third kappa shape index (κ3) is 5.07. The van der Waals surface area contributed by atoms with Crippen LogP contribution >= 0.6 is 11.6 Å². The number of amides is 1. The minimum Gasteiger partial charge on any atom is -0.493 e. The minimum atomic E-state index is -0.624. The molecule has 0 spiro atoms. The molecule has 8 nitrogen and oxygen atoms in total. The molecule has 0 aliphatic heterocycles. The van der Waals surface area contributed by atoms with Crippen LogP contribution in [0.15, 0.2) is 60.8 Å². The van der Waals surface area contributed by atoms with Crippen LogP contribution in [0.4, 0.5) is 10.1 Å². The molecule has 0 aliphatic carbocycles. The summed E-state index contributed by atoms with van der Waals surface area (Å²) >= 11 is 5.77. The Bertz CT molecular complexity index is 1480. The first-order valence-corrected chi connectivity index (χ1v) is 11.2. The molecule has 1 amide bonds. The fraction of sp³-hybridized carbons (Fsp3) is 0.115. The van der Waals surface area contributed by atoms with Crippen LogP contribution in [-0.2, 0) is 0 Å².